The molecule has 0 fully saturated rings. The van der Waals surface area contributed by atoms with Crippen LogP contribution in [-0.2, 0) is 14.3 Å². The fourth-order valence-corrected chi connectivity index (χ4v) is 1.19. The van der Waals surface area contributed by atoms with E-state index in [2.05, 4.69) is 16.6 Å². The third-order valence-corrected chi connectivity index (χ3v) is 1.98. The summed E-state index contributed by atoms with van der Waals surface area (Å²) in [5.74, 6) is 4.06. The van der Waals surface area contributed by atoms with Gasteiger partial charge in [0.2, 0.25) is 0 Å². The number of ether oxygens (including phenoxy) is 2. The molecule has 4 heteroatoms. The van der Waals surface area contributed by atoms with Crippen molar-refractivity contribution >= 4 is 11.9 Å². The Hall–Kier alpha value is -2.28. The number of hydrogen-bond acceptors (Lipinski definition) is 4. The van der Waals surface area contributed by atoms with Crippen LogP contribution in [0.2, 0.25) is 0 Å². The van der Waals surface area contributed by atoms with E-state index in [9.17, 15) is 9.59 Å². The minimum Gasteiger partial charge on any atom is -0.462 e. The van der Waals surface area contributed by atoms with Gasteiger partial charge in [0.05, 0.1) is 18.8 Å². The van der Waals surface area contributed by atoms with Gasteiger partial charge in [0.25, 0.3) is 0 Å². The van der Waals surface area contributed by atoms with Crippen molar-refractivity contribution in [3.05, 3.63) is 35.4 Å². The molecular weight excluding hydrogens is 232 g/mol. The number of hydrogen-bond donors (Lipinski definition) is 0. The number of benzene rings is 1. The van der Waals surface area contributed by atoms with Gasteiger partial charge in [0.15, 0.2) is 0 Å². The fourth-order valence-electron chi connectivity index (χ4n) is 1.19. The molecule has 0 radical (unpaired) electrons. The summed E-state index contributed by atoms with van der Waals surface area (Å²) in [6.45, 7) is 4.10. The van der Waals surface area contributed by atoms with Crippen LogP contribution in [0.3, 0.4) is 0 Å². The SMILES string of the molecule is CCOC(=O)C#Cc1ccc(C(=O)OCC)cc1. The summed E-state index contributed by atoms with van der Waals surface area (Å²) in [4.78, 5) is 22.4. The zero-order chi connectivity index (χ0) is 13.4. The molecule has 1 rings (SSSR count). The van der Waals surface area contributed by atoms with Gasteiger partial charge in [0, 0.05) is 11.5 Å². The summed E-state index contributed by atoms with van der Waals surface area (Å²) in [6.07, 6.45) is 0. The molecule has 0 saturated heterocycles. The Kier molecular flexibility index (Phi) is 5.46. The van der Waals surface area contributed by atoms with Gasteiger partial charge in [-0.05, 0) is 38.1 Å². The summed E-state index contributed by atoms with van der Waals surface area (Å²) in [5.41, 5.74) is 1.09. The average molecular weight is 246 g/mol. The first-order valence-electron chi connectivity index (χ1n) is 5.63. The van der Waals surface area contributed by atoms with Crippen LogP contribution in [0.5, 0.6) is 0 Å². The lowest BCUT2D eigenvalue weighted by molar-refractivity contribution is -0.136. The number of esters is 2. The van der Waals surface area contributed by atoms with E-state index < -0.39 is 5.97 Å². The fraction of sp³-hybridized carbons (Fsp3) is 0.286. The first kappa shape index (κ1) is 13.8. The van der Waals surface area contributed by atoms with Gasteiger partial charge in [-0.1, -0.05) is 5.92 Å². The van der Waals surface area contributed by atoms with Crippen LogP contribution in [0.1, 0.15) is 29.8 Å². The lowest BCUT2D eigenvalue weighted by atomic mass is 10.1. The highest BCUT2D eigenvalue weighted by atomic mass is 16.5. The van der Waals surface area contributed by atoms with Crippen LogP contribution in [0.25, 0.3) is 0 Å². The molecule has 0 atom stereocenters. The van der Waals surface area contributed by atoms with Crippen molar-refractivity contribution in [3.63, 3.8) is 0 Å². The second-order valence-electron chi connectivity index (χ2n) is 3.27. The van der Waals surface area contributed by atoms with Crippen LogP contribution >= 0.6 is 0 Å². The largest absolute Gasteiger partial charge is 0.462 e. The second kappa shape index (κ2) is 7.13. The van der Waals surface area contributed by atoms with E-state index in [-0.39, 0.29) is 5.97 Å². The minimum absolute atomic E-state index is 0.301. The summed E-state index contributed by atoms with van der Waals surface area (Å²) in [6, 6.07) is 6.51. The molecule has 1 aromatic rings. The van der Waals surface area contributed by atoms with Crippen LogP contribution in [0, 0.1) is 11.8 Å². The topological polar surface area (TPSA) is 52.6 Å². The maximum atomic E-state index is 11.4. The molecule has 0 amide bonds. The summed E-state index contributed by atoms with van der Waals surface area (Å²) in [5, 5.41) is 0. The minimum atomic E-state index is -0.563. The molecule has 0 aliphatic rings. The Morgan fingerprint density at radius 3 is 2.22 bits per heavy atom. The molecular formula is C14H14O4. The van der Waals surface area contributed by atoms with Gasteiger partial charge < -0.3 is 9.47 Å². The lowest BCUT2D eigenvalue weighted by Gasteiger charge is -2.00. The van der Waals surface area contributed by atoms with Crippen molar-refractivity contribution in [2.45, 2.75) is 13.8 Å². The smallest absolute Gasteiger partial charge is 0.384 e. The first-order valence-corrected chi connectivity index (χ1v) is 5.63. The first-order chi connectivity index (χ1) is 8.67. The Morgan fingerprint density at radius 2 is 1.67 bits per heavy atom. The predicted octanol–water partition coefficient (Wildman–Crippen LogP) is 1.78. The second-order valence-corrected chi connectivity index (χ2v) is 3.27. The van der Waals surface area contributed by atoms with Crippen molar-refractivity contribution in [1.82, 2.24) is 0 Å². The van der Waals surface area contributed by atoms with Gasteiger partial charge in [-0.25, -0.2) is 9.59 Å². The van der Waals surface area contributed by atoms with Crippen molar-refractivity contribution < 1.29 is 19.1 Å². The van der Waals surface area contributed by atoms with Crippen LogP contribution < -0.4 is 0 Å². The molecule has 18 heavy (non-hydrogen) atoms. The number of rotatable bonds is 3. The van der Waals surface area contributed by atoms with Crippen LogP contribution in [-0.4, -0.2) is 25.2 Å². The molecule has 94 valence electrons. The molecule has 0 heterocycles. The van der Waals surface area contributed by atoms with Gasteiger partial charge in [-0.2, -0.15) is 0 Å². The molecule has 0 aliphatic heterocycles. The average Bonchev–Trinajstić information content (AvgIpc) is 2.37. The highest BCUT2D eigenvalue weighted by Crippen LogP contribution is 2.05. The van der Waals surface area contributed by atoms with E-state index in [0.29, 0.717) is 24.3 Å². The van der Waals surface area contributed by atoms with Gasteiger partial charge in [-0.15, -0.1) is 0 Å². The van der Waals surface area contributed by atoms with Crippen LogP contribution in [0.4, 0.5) is 0 Å². The molecule has 0 saturated carbocycles. The Balaban J connectivity index is 2.71. The zero-order valence-electron chi connectivity index (χ0n) is 10.4. The third-order valence-electron chi connectivity index (χ3n) is 1.98. The summed E-state index contributed by atoms with van der Waals surface area (Å²) in [7, 11) is 0. The Labute approximate surface area is 106 Å². The summed E-state index contributed by atoms with van der Waals surface area (Å²) < 4.78 is 9.52. The molecule has 0 aliphatic carbocycles. The normalized spacial score (nSPS) is 9.00. The lowest BCUT2D eigenvalue weighted by Crippen LogP contribution is -2.04. The Morgan fingerprint density at radius 1 is 1.06 bits per heavy atom. The third kappa shape index (κ3) is 4.30. The van der Waals surface area contributed by atoms with Crippen LogP contribution in [0.15, 0.2) is 24.3 Å². The van der Waals surface area contributed by atoms with E-state index >= 15 is 0 Å². The van der Waals surface area contributed by atoms with Crippen molar-refractivity contribution in [2.75, 3.05) is 13.2 Å². The highest BCUT2D eigenvalue weighted by Gasteiger charge is 2.04. The van der Waals surface area contributed by atoms with Gasteiger partial charge >= 0.3 is 11.9 Å². The molecule has 0 bridgehead atoms. The van der Waals surface area contributed by atoms with Crippen molar-refractivity contribution in [2.24, 2.45) is 0 Å². The molecule has 0 aromatic heterocycles. The van der Waals surface area contributed by atoms with E-state index in [1.165, 1.54) is 0 Å². The molecule has 0 N–H and O–H groups in total. The van der Waals surface area contributed by atoms with E-state index in [1.54, 1.807) is 38.1 Å². The molecule has 0 spiro atoms. The molecule has 1 aromatic carbocycles. The van der Waals surface area contributed by atoms with Crippen molar-refractivity contribution in [1.29, 1.82) is 0 Å². The standard InChI is InChI=1S/C14H14O4/c1-3-17-13(15)10-7-11-5-8-12(9-6-11)14(16)18-4-2/h5-6,8-9H,3-4H2,1-2H3. The van der Waals surface area contributed by atoms with E-state index in [0.717, 1.165) is 0 Å². The Bertz CT molecular complexity index is 477. The van der Waals surface area contributed by atoms with E-state index in [4.69, 9.17) is 4.74 Å². The maximum Gasteiger partial charge on any atom is 0.384 e. The molecule has 4 nitrogen and oxygen atoms in total. The summed E-state index contributed by atoms with van der Waals surface area (Å²) >= 11 is 0. The van der Waals surface area contributed by atoms with Gasteiger partial charge in [-0.3, -0.25) is 0 Å². The maximum absolute atomic E-state index is 11.4. The quantitative estimate of drug-likeness (QED) is 0.602. The monoisotopic (exact) mass is 246 g/mol. The highest BCUT2D eigenvalue weighted by molar-refractivity contribution is 5.90. The van der Waals surface area contributed by atoms with Crippen molar-refractivity contribution in [3.8, 4) is 11.8 Å². The molecule has 0 unspecified atom stereocenters. The number of carbonyl (C=O) groups excluding carboxylic acids is 2. The van der Waals surface area contributed by atoms with Gasteiger partial charge in [0.1, 0.15) is 0 Å². The predicted molar refractivity (Wildman–Crippen MR) is 65.9 cm³/mol. The van der Waals surface area contributed by atoms with E-state index in [1.807, 2.05) is 0 Å². The zero-order valence-corrected chi connectivity index (χ0v) is 10.4. The number of carbonyl (C=O) groups is 2.